The maximum atomic E-state index is 9.88. The first-order chi connectivity index (χ1) is 8.75. The molecule has 0 amide bonds. The molecule has 2 N–H and O–H groups in total. The van der Waals surface area contributed by atoms with E-state index < -0.39 is 6.10 Å². The van der Waals surface area contributed by atoms with Gasteiger partial charge in [-0.1, -0.05) is 30.3 Å². The van der Waals surface area contributed by atoms with Crippen molar-refractivity contribution in [3.05, 3.63) is 35.9 Å². The molecule has 1 saturated heterocycles. The van der Waals surface area contributed by atoms with Gasteiger partial charge in [-0.25, -0.2) is 0 Å². The summed E-state index contributed by atoms with van der Waals surface area (Å²) in [5.41, 5.74) is 1.14. The van der Waals surface area contributed by atoms with Gasteiger partial charge in [0, 0.05) is 25.7 Å². The molecular formula is C14H22N2O2. The van der Waals surface area contributed by atoms with Gasteiger partial charge in [0.15, 0.2) is 0 Å². The molecule has 1 unspecified atom stereocenters. The summed E-state index contributed by atoms with van der Waals surface area (Å²) in [6.07, 6.45) is -0.417. The monoisotopic (exact) mass is 250 g/mol. The lowest BCUT2D eigenvalue weighted by atomic mass is 10.1. The van der Waals surface area contributed by atoms with Crippen LogP contribution in [0.25, 0.3) is 0 Å². The Kier molecular flexibility index (Phi) is 5.13. The molecule has 1 heterocycles. The largest absolute Gasteiger partial charge is 0.389 e. The van der Waals surface area contributed by atoms with Crippen molar-refractivity contribution in [3.63, 3.8) is 0 Å². The van der Waals surface area contributed by atoms with Crippen molar-refractivity contribution in [2.24, 2.45) is 0 Å². The molecular weight excluding hydrogens is 228 g/mol. The van der Waals surface area contributed by atoms with Gasteiger partial charge in [0.05, 0.1) is 19.3 Å². The molecule has 18 heavy (non-hydrogen) atoms. The number of nitrogens with zero attached hydrogens (tertiary/aromatic N) is 1. The summed E-state index contributed by atoms with van der Waals surface area (Å²) >= 11 is 0. The van der Waals surface area contributed by atoms with E-state index in [2.05, 4.69) is 10.2 Å². The smallest absolute Gasteiger partial charge is 0.0900 e. The van der Waals surface area contributed by atoms with Crippen LogP contribution in [-0.4, -0.2) is 55.4 Å². The van der Waals surface area contributed by atoms with Crippen molar-refractivity contribution in [2.45, 2.75) is 18.8 Å². The molecule has 0 saturated carbocycles. The van der Waals surface area contributed by atoms with Crippen molar-refractivity contribution in [2.75, 3.05) is 33.3 Å². The molecule has 1 atom stereocenters. The van der Waals surface area contributed by atoms with Crippen molar-refractivity contribution < 1.29 is 9.84 Å². The number of aliphatic hydroxyl groups is 1. The number of hydrogen-bond acceptors (Lipinski definition) is 4. The van der Waals surface area contributed by atoms with E-state index in [1.807, 2.05) is 37.4 Å². The molecule has 0 aromatic heterocycles. The lowest BCUT2D eigenvalue weighted by Crippen LogP contribution is -2.57. The lowest BCUT2D eigenvalue weighted by molar-refractivity contribution is 0.00363. The average Bonchev–Trinajstić information content (AvgIpc) is 2.27. The highest BCUT2D eigenvalue weighted by atomic mass is 16.5. The Morgan fingerprint density at radius 1 is 1.39 bits per heavy atom. The van der Waals surface area contributed by atoms with Crippen LogP contribution < -0.4 is 5.32 Å². The molecule has 4 heteroatoms. The fourth-order valence-electron chi connectivity index (χ4n) is 2.01. The van der Waals surface area contributed by atoms with Gasteiger partial charge in [0.25, 0.3) is 0 Å². The van der Waals surface area contributed by atoms with Gasteiger partial charge < -0.3 is 15.2 Å². The van der Waals surface area contributed by atoms with Crippen molar-refractivity contribution in [1.82, 2.24) is 10.2 Å². The molecule has 0 aliphatic carbocycles. The predicted octanol–water partition coefficient (Wildman–Crippen LogP) is 0.468. The number of likely N-dealkylation sites (N-methyl/N-ethyl adjacent to an activating group) is 1. The Labute approximate surface area is 109 Å². The van der Waals surface area contributed by atoms with Crippen LogP contribution in [0, 0.1) is 0 Å². The first kappa shape index (κ1) is 13.5. The van der Waals surface area contributed by atoms with E-state index in [0.29, 0.717) is 25.8 Å². The summed E-state index contributed by atoms with van der Waals surface area (Å²) in [6, 6.07) is 10.6. The molecule has 1 aliphatic rings. The van der Waals surface area contributed by atoms with E-state index in [0.717, 1.165) is 18.7 Å². The Morgan fingerprint density at radius 3 is 2.72 bits per heavy atom. The van der Waals surface area contributed by atoms with Gasteiger partial charge in [-0.2, -0.15) is 0 Å². The summed E-state index contributed by atoms with van der Waals surface area (Å²) in [4.78, 5) is 2.19. The quantitative estimate of drug-likeness (QED) is 0.738. The van der Waals surface area contributed by atoms with E-state index in [9.17, 15) is 5.11 Å². The van der Waals surface area contributed by atoms with Crippen LogP contribution in [0.4, 0.5) is 0 Å². The second-order valence-electron chi connectivity index (χ2n) is 4.91. The van der Waals surface area contributed by atoms with Gasteiger partial charge in [-0.05, 0) is 12.6 Å². The standard InChI is InChI=1S/C14H22N2O2/c1-16(13-7-15-8-13)9-14(17)11-18-10-12-5-3-2-4-6-12/h2-6,13-15,17H,7-11H2,1H3. The van der Waals surface area contributed by atoms with E-state index in [1.165, 1.54) is 0 Å². The average molecular weight is 250 g/mol. The molecule has 1 fully saturated rings. The number of aliphatic hydroxyl groups excluding tert-OH is 1. The molecule has 2 rings (SSSR count). The molecule has 1 aromatic carbocycles. The summed E-state index contributed by atoms with van der Waals surface area (Å²) in [5, 5.41) is 13.1. The third-order valence-electron chi connectivity index (χ3n) is 3.30. The fraction of sp³-hybridized carbons (Fsp3) is 0.571. The first-order valence-electron chi connectivity index (χ1n) is 6.46. The normalized spacial score (nSPS) is 17.7. The Balaban J connectivity index is 1.61. The molecule has 0 radical (unpaired) electrons. The molecule has 0 bridgehead atoms. The number of nitrogens with one attached hydrogen (secondary N) is 1. The second kappa shape index (κ2) is 6.85. The van der Waals surface area contributed by atoms with Crippen LogP contribution in [-0.2, 0) is 11.3 Å². The first-order valence-corrected chi connectivity index (χ1v) is 6.46. The zero-order valence-corrected chi connectivity index (χ0v) is 10.9. The number of hydrogen-bond donors (Lipinski definition) is 2. The third-order valence-corrected chi connectivity index (χ3v) is 3.30. The minimum absolute atomic E-state index is 0.388. The van der Waals surface area contributed by atoms with Gasteiger partial charge in [-0.15, -0.1) is 0 Å². The summed E-state index contributed by atoms with van der Waals surface area (Å²) < 4.78 is 5.52. The summed E-state index contributed by atoms with van der Waals surface area (Å²) in [7, 11) is 2.05. The topological polar surface area (TPSA) is 44.7 Å². The number of benzene rings is 1. The van der Waals surface area contributed by atoms with Crippen LogP contribution >= 0.6 is 0 Å². The van der Waals surface area contributed by atoms with Crippen LogP contribution in [0.15, 0.2) is 30.3 Å². The van der Waals surface area contributed by atoms with Gasteiger partial charge in [0.1, 0.15) is 0 Å². The van der Waals surface area contributed by atoms with Gasteiger partial charge >= 0.3 is 0 Å². The van der Waals surface area contributed by atoms with Crippen LogP contribution in [0.5, 0.6) is 0 Å². The highest BCUT2D eigenvalue weighted by molar-refractivity contribution is 5.13. The minimum atomic E-state index is -0.417. The number of rotatable bonds is 7. The van der Waals surface area contributed by atoms with E-state index in [4.69, 9.17) is 4.74 Å². The van der Waals surface area contributed by atoms with Gasteiger partial charge in [-0.3, -0.25) is 4.90 Å². The Morgan fingerprint density at radius 2 is 2.11 bits per heavy atom. The van der Waals surface area contributed by atoms with E-state index in [-0.39, 0.29) is 0 Å². The molecule has 1 aliphatic heterocycles. The maximum Gasteiger partial charge on any atom is 0.0900 e. The van der Waals surface area contributed by atoms with Crippen LogP contribution in [0.3, 0.4) is 0 Å². The molecule has 0 spiro atoms. The minimum Gasteiger partial charge on any atom is -0.389 e. The Bertz CT molecular complexity index is 341. The summed E-state index contributed by atoms with van der Waals surface area (Å²) in [6.45, 7) is 3.66. The van der Waals surface area contributed by atoms with E-state index in [1.54, 1.807) is 0 Å². The summed E-state index contributed by atoms with van der Waals surface area (Å²) in [5.74, 6) is 0. The van der Waals surface area contributed by atoms with Crippen molar-refractivity contribution in [1.29, 1.82) is 0 Å². The highest BCUT2D eigenvalue weighted by Gasteiger charge is 2.22. The third kappa shape index (κ3) is 4.07. The second-order valence-corrected chi connectivity index (χ2v) is 4.91. The molecule has 100 valence electrons. The molecule has 4 nitrogen and oxygen atoms in total. The SMILES string of the molecule is CN(CC(O)COCc1ccccc1)C1CNC1. The lowest BCUT2D eigenvalue weighted by Gasteiger charge is -2.36. The predicted molar refractivity (Wildman–Crippen MR) is 71.4 cm³/mol. The van der Waals surface area contributed by atoms with Crippen molar-refractivity contribution >= 4 is 0 Å². The Hall–Kier alpha value is -0.940. The highest BCUT2D eigenvalue weighted by Crippen LogP contribution is 2.04. The zero-order valence-electron chi connectivity index (χ0n) is 10.9. The zero-order chi connectivity index (χ0) is 12.8. The maximum absolute atomic E-state index is 9.88. The molecule has 1 aromatic rings. The number of ether oxygens (including phenoxy) is 1. The van der Waals surface area contributed by atoms with Gasteiger partial charge in [0.2, 0.25) is 0 Å². The van der Waals surface area contributed by atoms with Crippen LogP contribution in [0.2, 0.25) is 0 Å². The fourth-order valence-corrected chi connectivity index (χ4v) is 2.01. The van der Waals surface area contributed by atoms with Crippen molar-refractivity contribution in [3.8, 4) is 0 Å². The van der Waals surface area contributed by atoms with Crippen LogP contribution in [0.1, 0.15) is 5.56 Å². The van der Waals surface area contributed by atoms with E-state index >= 15 is 0 Å².